The number of carbonyl (C=O) groups is 2. The van der Waals surface area contributed by atoms with Gasteiger partial charge in [0.15, 0.2) is 5.69 Å². The van der Waals surface area contributed by atoms with Crippen LogP contribution in [0.5, 0.6) is 0 Å². The molecule has 24 heavy (non-hydrogen) atoms. The molecule has 0 saturated carbocycles. The van der Waals surface area contributed by atoms with Gasteiger partial charge < -0.3 is 10.4 Å². The second-order valence-electron chi connectivity index (χ2n) is 6.01. The van der Waals surface area contributed by atoms with E-state index in [0.29, 0.717) is 12.5 Å². The fourth-order valence-corrected chi connectivity index (χ4v) is 2.35. The van der Waals surface area contributed by atoms with Crippen LogP contribution in [0.4, 0.5) is 0 Å². The molecule has 0 aliphatic carbocycles. The number of carbonyl (C=O) groups excluding carboxylic acids is 1. The van der Waals surface area contributed by atoms with Crippen molar-refractivity contribution in [1.82, 2.24) is 15.1 Å². The number of rotatable bonds is 7. The van der Waals surface area contributed by atoms with Gasteiger partial charge in [0, 0.05) is 18.7 Å². The molecule has 0 radical (unpaired) electrons. The third kappa shape index (κ3) is 4.22. The SMILES string of the molecule is CCC(C)C(C)C(=O)NCc1cccc(-n2ccc(C(=O)O)n2)c1. The van der Waals surface area contributed by atoms with Gasteiger partial charge in [0.2, 0.25) is 5.91 Å². The number of benzene rings is 1. The van der Waals surface area contributed by atoms with E-state index in [4.69, 9.17) is 5.11 Å². The standard InChI is InChI=1S/C18H23N3O3/c1-4-12(2)13(3)17(22)19-11-14-6-5-7-15(10-14)21-9-8-16(20-21)18(23)24/h5-10,12-13H,4,11H2,1-3H3,(H,19,22)(H,23,24). The van der Waals surface area contributed by atoms with Crippen molar-refractivity contribution in [2.24, 2.45) is 11.8 Å². The normalized spacial score (nSPS) is 13.3. The molecule has 1 heterocycles. The number of hydrogen-bond donors (Lipinski definition) is 2. The zero-order chi connectivity index (χ0) is 17.7. The Balaban J connectivity index is 2.05. The Hall–Kier alpha value is -2.63. The van der Waals surface area contributed by atoms with E-state index in [0.717, 1.165) is 17.7 Å². The first-order valence-corrected chi connectivity index (χ1v) is 8.08. The minimum absolute atomic E-state index is 0.00363. The Morgan fingerprint density at radius 2 is 2.04 bits per heavy atom. The number of carboxylic acids is 1. The highest BCUT2D eigenvalue weighted by Crippen LogP contribution is 2.15. The molecule has 2 aromatic rings. The predicted octanol–water partition coefficient (Wildman–Crippen LogP) is 2.87. The highest BCUT2D eigenvalue weighted by molar-refractivity contribution is 5.85. The van der Waals surface area contributed by atoms with Crippen LogP contribution in [-0.4, -0.2) is 26.8 Å². The van der Waals surface area contributed by atoms with E-state index >= 15 is 0 Å². The van der Waals surface area contributed by atoms with E-state index in [-0.39, 0.29) is 17.5 Å². The van der Waals surface area contributed by atoms with Crippen LogP contribution in [0.15, 0.2) is 36.5 Å². The van der Waals surface area contributed by atoms with Crippen molar-refractivity contribution in [2.45, 2.75) is 33.7 Å². The van der Waals surface area contributed by atoms with Crippen LogP contribution in [0, 0.1) is 11.8 Å². The predicted molar refractivity (Wildman–Crippen MR) is 91.0 cm³/mol. The second-order valence-corrected chi connectivity index (χ2v) is 6.01. The molecule has 2 unspecified atom stereocenters. The molecule has 2 N–H and O–H groups in total. The lowest BCUT2D eigenvalue weighted by molar-refractivity contribution is -0.126. The van der Waals surface area contributed by atoms with E-state index in [1.165, 1.54) is 10.7 Å². The van der Waals surface area contributed by atoms with Gasteiger partial charge in [-0.1, -0.05) is 39.3 Å². The Morgan fingerprint density at radius 1 is 1.29 bits per heavy atom. The van der Waals surface area contributed by atoms with Crippen molar-refractivity contribution in [3.63, 3.8) is 0 Å². The highest BCUT2D eigenvalue weighted by Gasteiger charge is 2.18. The molecule has 6 nitrogen and oxygen atoms in total. The molecular weight excluding hydrogens is 306 g/mol. The number of amides is 1. The minimum Gasteiger partial charge on any atom is -0.476 e. The summed E-state index contributed by atoms with van der Waals surface area (Å²) in [4.78, 5) is 23.1. The summed E-state index contributed by atoms with van der Waals surface area (Å²) in [5.74, 6) is -0.699. The first-order valence-electron chi connectivity index (χ1n) is 8.08. The second kappa shape index (κ2) is 7.77. The van der Waals surface area contributed by atoms with Crippen LogP contribution < -0.4 is 5.32 Å². The van der Waals surface area contributed by atoms with Gasteiger partial charge in [-0.15, -0.1) is 0 Å². The molecule has 0 saturated heterocycles. The van der Waals surface area contributed by atoms with Crippen LogP contribution in [0.1, 0.15) is 43.2 Å². The number of nitrogens with one attached hydrogen (secondary N) is 1. The van der Waals surface area contributed by atoms with E-state index in [1.54, 1.807) is 6.20 Å². The lowest BCUT2D eigenvalue weighted by Crippen LogP contribution is -2.32. The zero-order valence-electron chi connectivity index (χ0n) is 14.2. The molecule has 1 aromatic carbocycles. The average molecular weight is 329 g/mol. The average Bonchev–Trinajstić information content (AvgIpc) is 3.09. The third-order valence-electron chi connectivity index (χ3n) is 4.36. The van der Waals surface area contributed by atoms with E-state index < -0.39 is 5.97 Å². The van der Waals surface area contributed by atoms with Crippen molar-refractivity contribution >= 4 is 11.9 Å². The Labute approximate surface area is 141 Å². The molecule has 2 atom stereocenters. The van der Waals surface area contributed by atoms with Gasteiger partial charge in [0.25, 0.3) is 0 Å². The molecular formula is C18H23N3O3. The molecule has 6 heteroatoms. The van der Waals surface area contributed by atoms with Gasteiger partial charge in [0.1, 0.15) is 0 Å². The van der Waals surface area contributed by atoms with Crippen LogP contribution in [-0.2, 0) is 11.3 Å². The van der Waals surface area contributed by atoms with Gasteiger partial charge >= 0.3 is 5.97 Å². The third-order valence-corrected chi connectivity index (χ3v) is 4.36. The summed E-state index contributed by atoms with van der Waals surface area (Å²) in [5, 5.41) is 15.9. The first kappa shape index (κ1) is 17.7. The summed E-state index contributed by atoms with van der Waals surface area (Å²) in [6, 6.07) is 8.94. The number of hydrogen-bond acceptors (Lipinski definition) is 3. The number of aromatic carboxylic acids is 1. The largest absolute Gasteiger partial charge is 0.476 e. The van der Waals surface area contributed by atoms with Crippen LogP contribution in [0.3, 0.4) is 0 Å². The molecule has 0 aliphatic heterocycles. The number of carboxylic acid groups (broad SMARTS) is 1. The maximum Gasteiger partial charge on any atom is 0.356 e. The van der Waals surface area contributed by atoms with Gasteiger partial charge in [-0.3, -0.25) is 4.79 Å². The summed E-state index contributed by atoms with van der Waals surface area (Å²) >= 11 is 0. The summed E-state index contributed by atoms with van der Waals surface area (Å²) in [5.41, 5.74) is 1.69. The van der Waals surface area contributed by atoms with Crippen LogP contribution in [0.2, 0.25) is 0 Å². The van der Waals surface area contributed by atoms with Crippen LogP contribution in [0.25, 0.3) is 5.69 Å². The highest BCUT2D eigenvalue weighted by atomic mass is 16.4. The lowest BCUT2D eigenvalue weighted by atomic mass is 9.93. The zero-order valence-corrected chi connectivity index (χ0v) is 14.2. The molecule has 1 amide bonds. The topological polar surface area (TPSA) is 84.2 Å². The summed E-state index contributed by atoms with van der Waals surface area (Å²) in [6.07, 6.45) is 2.57. The van der Waals surface area contributed by atoms with E-state index in [9.17, 15) is 9.59 Å². The molecule has 0 spiro atoms. The van der Waals surface area contributed by atoms with Crippen molar-refractivity contribution in [2.75, 3.05) is 0 Å². The van der Waals surface area contributed by atoms with Gasteiger partial charge in [0.05, 0.1) is 5.69 Å². The summed E-state index contributed by atoms with van der Waals surface area (Å²) in [7, 11) is 0. The van der Waals surface area contributed by atoms with Crippen molar-refractivity contribution < 1.29 is 14.7 Å². The fraction of sp³-hybridized carbons (Fsp3) is 0.389. The van der Waals surface area contributed by atoms with Crippen LogP contribution >= 0.6 is 0 Å². The number of nitrogens with zero attached hydrogens (tertiary/aromatic N) is 2. The molecule has 1 aromatic heterocycles. The summed E-state index contributed by atoms with van der Waals surface area (Å²) < 4.78 is 1.51. The number of aromatic nitrogens is 2. The minimum atomic E-state index is -1.06. The van der Waals surface area contributed by atoms with Gasteiger partial charge in [-0.2, -0.15) is 5.10 Å². The fourth-order valence-electron chi connectivity index (χ4n) is 2.35. The van der Waals surface area contributed by atoms with Crippen molar-refractivity contribution in [3.8, 4) is 5.69 Å². The molecule has 0 fully saturated rings. The monoisotopic (exact) mass is 329 g/mol. The van der Waals surface area contributed by atoms with Gasteiger partial charge in [-0.05, 0) is 29.7 Å². The summed E-state index contributed by atoms with van der Waals surface area (Å²) in [6.45, 7) is 6.52. The lowest BCUT2D eigenvalue weighted by Gasteiger charge is -2.17. The Kier molecular flexibility index (Phi) is 5.73. The molecule has 128 valence electrons. The molecule has 0 aliphatic rings. The van der Waals surface area contributed by atoms with Crippen molar-refractivity contribution in [3.05, 3.63) is 47.8 Å². The van der Waals surface area contributed by atoms with Crippen molar-refractivity contribution in [1.29, 1.82) is 0 Å². The maximum atomic E-state index is 12.2. The van der Waals surface area contributed by atoms with E-state index in [1.807, 2.05) is 31.2 Å². The Bertz CT molecular complexity index is 724. The quantitative estimate of drug-likeness (QED) is 0.818. The first-order chi connectivity index (χ1) is 11.4. The maximum absolute atomic E-state index is 12.2. The Morgan fingerprint density at radius 3 is 2.67 bits per heavy atom. The molecule has 0 bridgehead atoms. The molecule has 2 rings (SSSR count). The smallest absolute Gasteiger partial charge is 0.356 e. The van der Waals surface area contributed by atoms with E-state index in [2.05, 4.69) is 24.3 Å². The van der Waals surface area contributed by atoms with Gasteiger partial charge in [-0.25, -0.2) is 9.48 Å².